The number of ether oxygens (including phenoxy) is 1. The van der Waals surface area contributed by atoms with Gasteiger partial charge in [-0.2, -0.15) is 0 Å². The van der Waals surface area contributed by atoms with Gasteiger partial charge in [0.25, 0.3) is 0 Å². The molecule has 2 aliphatic rings. The Kier molecular flexibility index (Phi) is 2.96. The smallest absolute Gasteiger partial charge is 0.336 e. The Morgan fingerprint density at radius 1 is 1.32 bits per heavy atom. The number of hydrogen-bond acceptors (Lipinski definition) is 3. The van der Waals surface area contributed by atoms with E-state index in [1.54, 1.807) is 12.3 Å². The van der Waals surface area contributed by atoms with Gasteiger partial charge in [-0.05, 0) is 47.7 Å². The van der Waals surface area contributed by atoms with Crippen molar-refractivity contribution in [1.29, 1.82) is 0 Å². The minimum absolute atomic E-state index is 0.355. The van der Waals surface area contributed by atoms with Crippen LogP contribution in [-0.4, -0.2) is 22.7 Å². The molecular formula is C18H15NO3. The number of rotatable bonds is 3. The number of hydrogen-bond donors (Lipinski definition) is 1. The predicted octanol–water partition coefficient (Wildman–Crippen LogP) is 2.90. The number of benzene rings is 1. The lowest BCUT2D eigenvalue weighted by Gasteiger charge is -2.06. The molecule has 1 aromatic heterocycles. The molecule has 22 heavy (non-hydrogen) atoms. The van der Waals surface area contributed by atoms with Gasteiger partial charge in [-0.15, -0.1) is 0 Å². The van der Waals surface area contributed by atoms with Crippen molar-refractivity contribution in [2.24, 2.45) is 0 Å². The second-order valence-corrected chi connectivity index (χ2v) is 5.72. The summed E-state index contributed by atoms with van der Waals surface area (Å²) < 4.78 is 5.61. The third-order valence-electron chi connectivity index (χ3n) is 4.26. The van der Waals surface area contributed by atoms with Gasteiger partial charge in [-0.1, -0.05) is 17.7 Å². The number of aromatic nitrogens is 1. The molecule has 4 heteroatoms. The van der Waals surface area contributed by atoms with E-state index in [0.717, 1.165) is 36.5 Å². The van der Waals surface area contributed by atoms with E-state index in [-0.39, 0.29) is 0 Å². The summed E-state index contributed by atoms with van der Waals surface area (Å²) in [5.74, 6) is 0.0946. The van der Waals surface area contributed by atoms with Gasteiger partial charge in [0, 0.05) is 12.6 Å². The zero-order valence-corrected chi connectivity index (χ0v) is 12.0. The highest BCUT2D eigenvalue weighted by atomic mass is 16.5. The van der Waals surface area contributed by atoms with E-state index in [1.807, 2.05) is 6.08 Å². The molecule has 0 unspecified atom stereocenters. The molecule has 0 atom stereocenters. The molecule has 0 saturated heterocycles. The van der Waals surface area contributed by atoms with E-state index in [1.165, 1.54) is 16.7 Å². The minimum atomic E-state index is -0.890. The van der Waals surface area contributed by atoms with Gasteiger partial charge in [-0.3, -0.25) is 4.98 Å². The average Bonchev–Trinajstić information content (AvgIpc) is 3.11. The Labute approximate surface area is 128 Å². The van der Waals surface area contributed by atoms with E-state index in [4.69, 9.17) is 4.74 Å². The molecule has 4 rings (SSSR count). The summed E-state index contributed by atoms with van der Waals surface area (Å²) >= 11 is 0. The van der Waals surface area contributed by atoms with Crippen LogP contribution < -0.4 is 4.74 Å². The molecule has 0 saturated carbocycles. The zero-order chi connectivity index (χ0) is 15.1. The highest BCUT2D eigenvalue weighted by molar-refractivity contribution is 5.91. The lowest BCUT2D eigenvalue weighted by Crippen LogP contribution is -2.03. The van der Waals surface area contributed by atoms with Crippen molar-refractivity contribution >= 4 is 12.0 Å². The molecule has 1 aliphatic carbocycles. The largest absolute Gasteiger partial charge is 0.493 e. The second kappa shape index (κ2) is 4.98. The number of fused-ring (bicyclic) bond motifs is 2. The number of pyridine rings is 1. The Balaban J connectivity index is 1.59. The van der Waals surface area contributed by atoms with E-state index in [9.17, 15) is 9.90 Å². The van der Waals surface area contributed by atoms with Crippen LogP contribution in [0.1, 0.15) is 32.7 Å². The minimum Gasteiger partial charge on any atom is -0.493 e. The van der Waals surface area contributed by atoms with Crippen LogP contribution in [0.2, 0.25) is 0 Å². The Morgan fingerprint density at radius 3 is 3.09 bits per heavy atom. The molecule has 0 spiro atoms. The zero-order valence-electron chi connectivity index (χ0n) is 12.0. The molecular weight excluding hydrogens is 278 g/mol. The topological polar surface area (TPSA) is 59.4 Å². The number of allylic oxidation sites excluding steroid dienone is 1. The monoisotopic (exact) mass is 293 g/mol. The van der Waals surface area contributed by atoms with Crippen LogP contribution in [-0.2, 0) is 19.3 Å². The van der Waals surface area contributed by atoms with Gasteiger partial charge in [-0.25, -0.2) is 4.79 Å². The second-order valence-electron chi connectivity index (χ2n) is 5.72. The fraction of sp³-hybridized carbons (Fsp3) is 0.222. The van der Waals surface area contributed by atoms with Crippen LogP contribution in [0.4, 0.5) is 0 Å². The maximum absolute atomic E-state index is 11.3. The third kappa shape index (κ3) is 2.17. The quantitative estimate of drug-likeness (QED) is 0.945. The molecule has 0 radical (unpaired) electrons. The number of carbonyl (C=O) groups is 1. The van der Waals surface area contributed by atoms with Gasteiger partial charge in [0.15, 0.2) is 0 Å². The first-order valence-corrected chi connectivity index (χ1v) is 7.36. The van der Waals surface area contributed by atoms with Crippen LogP contribution >= 0.6 is 0 Å². The van der Waals surface area contributed by atoms with Crippen molar-refractivity contribution in [3.63, 3.8) is 0 Å². The van der Waals surface area contributed by atoms with Crippen molar-refractivity contribution in [3.8, 4) is 5.75 Å². The lowest BCUT2D eigenvalue weighted by atomic mass is 10.00. The SMILES string of the molecule is O=C(O)c1ccnc2c1CC(Cc1ccc3c(c1)OCC3)=C2. The van der Waals surface area contributed by atoms with Crippen LogP contribution in [0.15, 0.2) is 36.0 Å². The van der Waals surface area contributed by atoms with Crippen LogP contribution in [0.3, 0.4) is 0 Å². The molecule has 1 N–H and O–H groups in total. The average molecular weight is 293 g/mol. The first-order valence-electron chi connectivity index (χ1n) is 7.36. The first-order chi connectivity index (χ1) is 10.7. The van der Waals surface area contributed by atoms with Gasteiger partial charge < -0.3 is 9.84 Å². The summed E-state index contributed by atoms with van der Waals surface area (Å²) in [4.78, 5) is 15.6. The van der Waals surface area contributed by atoms with Gasteiger partial charge >= 0.3 is 5.97 Å². The van der Waals surface area contributed by atoms with Gasteiger partial charge in [0.2, 0.25) is 0 Å². The normalized spacial score (nSPS) is 15.0. The maximum atomic E-state index is 11.3. The van der Waals surface area contributed by atoms with Crippen molar-refractivity contribution in [1.82, 2.24) is 4.98 Å². The Morgan fingerprint density at radius 2 is 2.23 bits per heavy atom. The van der Waals surface area contributed by atoms with E-state index >= 15 is 0 Å². The molecule has 2 aromatic rings. The van der Waals surface area contributed by atoms with Crippen LogP contribution in [0.25, 0.3) is 6.08 Å². The number of nitrogens with zero attached hydrogens (tertiary/aromatic N) is 1. The molecule has 1 aromatic carbocycles. The number of aromatic carboxylic acids is 1. The van der Waals surface area contributed by atoms with Gasteiger partial charge in [0.1, 0.15) is 5.75 Å². The van der Waals surface area contributed by atoms with E-state index < -0.39 is 5.97 Å². The lowest BCUT2D eigenvalue weighted by molar-refractivity contribution is 0.0695. The fourth-order valence-corrected chi connectivity index (χ4v) is 3.19. The summed E-state index contributed by atoms with van der Waals surface area (Å²) in [7, 11) is 0. The van der Waals surface area contributed by atoms with Crippen molar-refractivity contribution < 1.29 is 14.6 Å². The number of carboxylic acids is 1. The number of carboxylic acid groups (broad SMARTS) is 1. The molecule has 2 heterocycles. The summed E-state index contributed by atoms with van der Waals surface area (Å²) in [5.41, 5.74) is 5.61. The molecule has 0 amide bonds. The summed E-state index contributed by atoms with van der Waals surface area (Å²) in [6.07, 6.45) is 6.01. The van der Waals surface area contributed by atoms with Gasteiger partial charge in [0.05, 0.1) is 17.9 Å². The molecule has 110 valence electrons. The highest BCUT2D eigenvalue weighted by Crippen LogP contribution is 2.31. The maximum Gasteiger partial charge on any atom is 0.336 e. The van der Waals surface area contributed by atoms with Crippen LogP contribution in [0.5, 0.6) is 5.75 Å². The summed E-state index contributed by atoms with van der Waals surface area (Å²) in [6, 6.07) is 7.92. The fourth-order valence-electron chi connectivity index (χ4n) is 3.19. The molecule has 4 nitrogen and oxygen atoms in total. The summed E-state index contributed by atoms with van der Waals surface area (Å²) in [6.45, 7) is 0.763. The third-order valence-corrected chi connectivity index (χ3v) is 4.26. The highest BCUT2D eigenvalue weighted by Gasteiger charge is 2.21. The van der Waals surface area contributed by atoms with Crippen molar-refractivity contribution in [2.75, 3.05) is 6.61 Å². The molecule has 0 fully saturated rings. The van der Waals surface area contributed by atoms with E-state index in [2.05, 4.69) is 23.2 Å². The first kappa shape index (κ1) is 13.1. The molecule has 1 aliphatic heterocycles. The van der Waals surface area contributed by atoms with Crippen molar-refractivity contribution in [2.45, 2.75) is 19.3 Å². The van der Waals surface area contributed by atoms with Crippen molar-refractivity contribution in [3.05, 3.63) is 64.0 Å². The molecule has 0 bridgehead atoms. The van der Waals surface area contributed by atoms with Crippen LogP contribution in [0, 0.1) is 0 Å². The predicted molar refractivity (Wildman–Crippen MR) is 82.2 cm³/mol. The summed E-state index contributed by atoms with van der Waals surface area (Å²) in [5, 5.41) is 9.26. The van der Waals surface area contributed by atoms with E-state index in [0.29, 0.717) is 12.0 Å². The Hall–Kier alpha value is -2.62. The Bertz CT molecular complexity index is 808. The standard InChI is InChI=1S/C18H15NO3/c20-18(21)14-3-5-19-16-9-12(8-15(14)16)7-11-1-2-13-4-6-22-17(13)10-11/h1-3,5,9-10H,4,6-8H2,(H,20,21).